The van der Waals surface area contributed by atoms with Gasteiger partial charge in [-0.05, 0) is 99.1 Å². The molecule has 3 aromatic heterocycles. The van der Waals surface area contributed by atoms with E-state index in [1.165, 1.54) is 6.08 Å². The highest BCUT2D eigenvalue weighted by atomic mass is 35.5. The molecule has 2 amide bonds. The molecule has 16 heteroatoms. The molecule has 7 rings (SSSR count). The van der Waals surface area contributed by atoms with E-state index >= 15 is 0 Å². The number of benzene rings is 3. The minimum Gasteiger partial charge on any atom is -0.444 e. The molecular formula is C42H44Cl2N10O4. The fourth-order valence-electron chi connectivity index (χ4n) is 5.42. The number of carbonyl (C=O) groups is 2. The van der Waals surface area contributed by atoms with Gasteiger partial charge in [0.25, 0.3) is 0 Å². The molecule has 1 aliphatic heterocycles. The normalized spacial score (nSPS) is 12.2. The Morgan fingerprint density at radius 3 is 2.17 bits per heavy atom. The summed E-state index contributed by atoms with van der Waals surface area (Å²) in [6, 6.07) is 28.3. The van der Waals surface area contributed by atoms with Crippen LogP contribution in [0.5, 0.6) is 0 Å². The molecular weight excluding hydrogens is 779 g/mol. The molecule has 0 atom stereocenters. The molecule has 6 aromatic rings. The quantitative estimate of drug-likeness (QED) is 0.0759. The number of ether oxygens (including phenoxy) is 2. The summed E-state index contributed by atoms with van der Waals surface area (Å²) < 4.78 is 10.5. The Morgan fingerprint density at radius 1 is 0.845 bits per heavy atom. The summed E-state index contributed by atoms with van der Waals surface area (Å²) in [5, 5.41) is 9.95. The van der Waals surface area contributed by atoms with Gasteiger partial charge in [-0.2, -0.15) is 4.98 Å². The van der Waals surface area contributed by atoms with Gasteiger partial charge in [0.15, 0.2) is 10.3 Å². The third kappa shape index (κ3) is 12.5. The minimum atomic E-state index is -0.544. The summed E-state index contributed by atoms with van der Waals surface area (Å²) in [5.41, 5.74) is 17.3. The maximum Gasteiger partial charge on any atom is 0.412 e. The molecule has 0 bridgehead atoms. The van der Waals surface area contributed by atoms with Gasteiger partial charge in [0.05, 0.1) is 30.1 Å². The predicted octanol–water partition coefficient (Wildman–Crippen LogP) is 8.98. The number of nitrogens with two attached hydrogens (primary N) is 2. The van der Waals surface area contributed by atoms with Gasteiger partial charge in [-0.1, -0.05) is 54.0 Å². The summed E-state index contributed by atoms with van der Waals surface area (Å²) in [5.74, 6) is 0.538. The smallest absolute Gasteiger partial charge is 0.412 e. The number of rotatable bonds is 7. The molecule has 0 radical (unpaired) electrons. The Labute approximate surface area is 346 Å². The first-order chi connectivity index (χ1) is 27.8. The molecule has 0 unspecified atom stereocenters. The van der Waals surface area contributed by atoms with Crippen molar-refractivity contribution in [2.45, 2.75) is 26.4 Å². The van der Waals surface area contributed by atoms with Crippen molar-refractivity contribution < 1.29 is 19.1 Å². The Kier molecular flexibility index (Phi) is 14.8. The van der Waals surface area contributed by atoms with E-state index in [9.17, 15) is 9.59 Å². The maximum absolute atomic E-state index is 11.7. The van der Waals surface area contributed by atoms with Crippen LogP contribution in [0.1, 0.15) is 20.8 Å². The molecule has 0 saturated carbocycles. The van der Waals surface area contributed by atoms with E-state index in [2.05, 4.69) is 54.5 Å². The number of morpholine rings is 1. The molecule has 3 aromatic carbocycles. The van der Waals surface area contributed by atoms with Crippen LogP contribution < -0.4 is 32.3 Å². The average Bonchev–Trinajstić information content (AvgIpc) is 3.20. The second-order valence-corrected chi connectivity index (χ2v) is 14.2. The van der Waals surface area contributed by atoms with Crippen molar-refractivity contribution in [3.05, 3.63) is 126 Å². The predicted molar refractivity (Wildman–Crippen MR) is 234 cm³/mol. The third-order valence-electron chi connectivity index (χ3n) is 8.06. The van der Waals surface area contributed by atoms with Crippen LogP contribution in [0.4, 0.5) is 45.0 Å². The van der Waals surface area contributed by atoms with Crippen molar-refractivity contribution in [2.24, 2.45) is 0 Å². The van der Waals surface area contributed by atoms with E-state index in [1.54, 1.807) is 57.4 Å². The number of nitrogen functional groups attached to an aromatic ring is 2. The highest BCUT2D eigenvalue weighted by Crippen LogP contribution is 2.32. The lowest BCUT2D eigenvalue weighted by Gasteiger charge is -2.28. The van der Waals surface area contributed by atoms with Gasteiger partial charge in [0.1, 0.15) is 11.4 Å². The van der Waals surface area contributed by atoms with Crippen molar-refractivity contribution >= 4 is 86.3 Å². The van der Waals surface area contributed by atoms with Crippen LogP contribution in [-0.4, -0.2) is 63.8 Å². The summed E-state index contributed by atoms with van der Waals surface area (Å²) in [6.45, 7) is 12.1. The number of carbonyl (C=O) groups excluding carboxylic acids is 2. The first-order valence-electron chi connectivity index (χ1n) is 18.1. The summed E-state index contributed by atoms with van der Waals surface area (Å²) in [7, 11) is 0. The number of aromatic nitrogens is 4. The fourth-order valence-corrected chi connectivity index (χ4v) is 5.71. The number of pyridine rings is 2. The number of anilines is 7. The van der Waals surface area contributed by atoms with Crippen molar-refractivity contribution in [3.8, 4) is 11.1 Å². The van der Waals surface area contributed by atoms with Crippen molar-refractivity contribution in [1.29, 1.82) is 0 Å². The Hall–Kier alpha value is -6.48. The van der Waals surface area contributed by atoms with Crippen LogP contribution in [-0.2, 0) is 14.3 Å². The standard InChI is InChI=1S/C27H26N6O2.C10H13ClN2O2.C5H5ClN2/c1-2-24(34)29-20-6-3-5-18(17-20)22-7-4-8-23-25(22)31-27(32-26(23)28)30-19-9-11-21(12-10-19)33-13-15-35-16-14-33;1-10(2,3)15-9(14)13-7-5-4-6-12-8(7)11;6-5-4(7)2-1-3-8-5/h2-12,17H,1,13-16H2,(H,29,34)(H3,28,30,31,32);4-6H,1-3H3,(H,13,14);1-3H,7H2. The van der Waals surface area contributed by atoms with Crippen molar-refractivity contribution in [1.82, 2.24) is 19.9 Å². The second-order valence-electron chi connectivity index (χ2n) is 13.5. The Balaban J connectivity index is 0.000000228. The van der Waals surface area contributed by atoms with Crippen LogP contribution in [0.15, 0.2) is 116 Å². The monoisotopic (exact) mass is 822 g/mol. The molecule has 300 valence electrons. The summed E-state index contributed by atoms with van der Waals surface area (Å²) >= 11 is 11.2. The largest absolute Gasteiger partial charge is 0.444 e. The Morgan fingerprint density at radius 2 is 1.53 bits per heavy atom. The Bertz CT molecular complexity index is 2330. The van der Waals surface area contributed by atoms with E-state index < -0.39 is 11.7 Å². The molecule has 0 spiro atoms. The first-order valence-corrected chi connectivity index (χ1v) is 18.8. The van der Waals surface area contributed by atoms with E-state index in [0.29, 0.717) is 34.0 Å². The second kappa shape index (κ2) is 20.1. The molecule has 7 N–H and O–H groups in total. The van der Waals surface area contributed by atoms with Gasteiger partial charge in [-0.25, -0.2) is 19.7 Å². The number of fused-ring (bicyclic) bond motifs is 1. The number of hydrogen-bond acceptors (Lipinski definition) is 12. The first kappa shape index (κ1) is 42.7. The molecule has 1 fully saturated rings. The van der Waals surface area contributed by atoms with Gasteiger partial charge >= 0.3 is 6.09 Å². The van der Waals surface area contributed by atoms with Crippen LogP contribution in [0.25, 0.3) is 22.0 Å². The number of amides is 2. The minimum absolute atomic E-state index is 0.239. The molecule has 58 heavy (non-hydrogen) atoms. The lowest BCUT2D eigenvalue weighted by Crippen LogP contribution is -2.36. The summed E-state index contributed by atoms with van der Waals surface area (Å²) in [4.78, 5) is 42.2. The topological polar surface area (TPSA) is 196 Å². The van der Waals surface area contributed by atoms with Crippen LogP contribution in [0.3, 0.4) is 0 Å². The van der Waals surface area contributed by atoms with Crippen LogP contribution in [0, 0.1) is 0 Å². The number of nitrogens with zero attached hydrogens (tertiary/aromatic N) is 5. The van der Waals surface area contributed by atoms with Gasteiger partial charge in [0, 0.05) is 53.5 Å². The number of halogens is 2. The van der Waals surface area contributed by atoms with Crippen molar-refractivity contribution in [3.63, 3.8) is 0 Å². The molecule has 1 aliphatic rings. The molecule has 4 heterocycles. The average molecular weight is 824 g/mol. The highest BCUT2D eigenvalue weighted by molar-refractivity contribution is 6.32. The molecule has 14 nitrogen and oxygen atoms in total. The zero-order valence-electron chi connectivity index (χ0n) is 32.2. The summed E-state index contributed by atoms with van der Waals surface area (Å²) in [6.07, 6.45) is 3.84. The molecule has 0 aliphatic carbocycles. The van der Waals surface area contributed by atoms with E-state index in [1.807, 2.05) is 54.6 Å². The number of hydrogen-bond donors (Lipinski definition) is 5. The number of nitrogens with one attached hydrogen (secondary N) is 3. The van der Waals surface area contributed by atoms with Gasteiger partial charge in [0.2, 0.25) is 11.9 Å². The zero-order valence-corrected chi connectivity index (χ0v) is 33.7. The van der Waals surface area contributed by atoms with E-state index in [4.69, 9.17) is 49.1 Å². The van der Waals surface area contributed by atoms with Crippen LogP contribution in [0.2, 0.25) is 10.3 Å². The zero-order chi connectivity index (χ0) is 41.7. The van der Waals surface area contributed by atoms with Crippen LogP contribution >= 0.6 is 23.2 Å². The SMILES string of the molecule is C=CC(=O)Nc1cccc(-c2cccc3c(N)nc(Nc4ccc(N5CCOCC5)cc4)nc23)c1.CC(C)(C)OC(=O)Nc1cccnc1Cl.Nc1cccnc1Cl. The molecule has 1 saturated heterocycles. The fraction of sp³-hybridized carbons (Fsp3) is 0.190. The van der Waals surface area contributed by atoms with Gasteiger partial charge in [-0.15, -0.1) is 0 Å². The van der Waals surface area contributed by atoms with E-state index in [-0.39, 0.29) is 11.1 Å². The highest BCUT2D eigenvalue weighted by Gasteiger charge is 2.17. The van der Waals surface area contributed by atoms with E-state index in [0.717, 1.165) is 59.7 Å². The number of para-hydroxylation sites is 1. The third-order valence-corrected chi connectivity index (χ3v) is 8.68. The van der Waals surface area contributed by atoms with Crippen molar-refractivity contribution in [2.75, 3.05) is 58.6 Å². The maximum atomic E-state index is 11.7. The van der Waals surface area contributed by atoms with Gasteiger partial charge in [-0.3, -0.25) is 10.1 Å². The lowest BCUT2D eigenvalue weighted by atomic mass is 10.0. The van der Waals surface area contributed by atoms with Gasteiger partial charge < -0.3 is 36.5 Å². The lowest BCUT2D eigenvalue weighted by molar-refractivity contribution is -0.111.